The molecular weight excluding hydrogens is 268 g/mol. The summed E-state index contributed by atoms with van der Waals surface area (Å²) in [6.07, 6.45) is 2.81. The topological polar surface area (TPSA) is 69.6 Å². The Balaban J connectivity index is 2.18. The van der Waals surface area contributed by atoms with Gasteiger partial charge in [-0.1, -0.05) is 20.8 Å². The Hall–Kier alpha value is -1.69. The highest BCUT2D eigenvalue weighted by atomic mass is 16.4. The highest BCUT2D eigenvalue weighted by Crippen LogP contribution is 2.22. The van der Waals surface area contributed by atoms with E-state index in [0.29, 0.717) is 11.5 Å². The van der Waals surface area contributed by atoms with E-state index in [1.807, 2.05) is 13.8 Å². The number of rotatable bonds is 5. The maximum Gasteiger partial charge on any atom is 0.356 e. The molecule has 116 valence electrons. The third-order valence-electron chi connectivity index (χ3n) is 3.76. The minimum atomic E-state index is -0.981. The summed E-state index contributed by atoms with van der Waals surface area (Å²) >= 11 is 0. The molecule has 1 aliphatic rings. The van der Waals surface area contributed by atoms with Crippen molar-refractivity contribution in [3.63, 3.8) is 0 Å². The van der Waals surface area contributed by atoms with Crippen molar-refractivity contribution in [1.29, 1.82) is 0 Å². The SMILES string of the molecule is CCCN1CCN(c2cnc(C(C)C)nc2C(=O)O)CC1. The van der Waals surface area contributed by atoms with Gasteiger partial charge >= 0.3 is 5.97 Å². The van der Waals surface area contributed by atoms with Crippen molar-refractivity contribution in [2.24, 2.45) is 0 Å². The highest BCUT2D eigenvalue weighted by molar-refractivity contribution is 5.92. The van der Waals surface area contributed by atoms with Gasteiger partial charge < -0.3 is 10.0 Å². The largest absolute Gasteiger partial charge is 0.476 e. The van der Waals surface area contributed by atoms with E-state index >= 15 is 0 Å². The summed E-state index contributed by atoms with van der Waals surface area (Å²) < 4.78 is 0. The maximum absolute atomic E-state index is 11.5. The summed E-state index contributed by atoms with van der Waals surface area (Å²) in [6.45, 7) is 10.8. The van der Waals surface area contributed by atoms with Crippen LogP contribution in [0.2, 0.25) is 0 Å². The summed E-state index contributed by atoms with van der Waals surface area (Å²) in [5.41, 5.74) is 0.765. The highest BCUT2D eigenvalue weighted by Gasteiger charge is 2.23. The molecule has 2 rings (SSSR count). The number of nitrogens with zero attached hydrogens (tertiary/aromatic N) is 4. The molecule has 6 heteroatoms. The van der Waals surface area contributed by atoms with Crippen molar-refractivity contribution in [3.05, 3.63) is 17.7 Å². The second-order valence-electron chi connectivity index (χ2n) is 5.75. The zero-order chi connectivity index (χ0) is 15.4. The predicted molar refractivity (Wildman–Crippen MR) is 82.0 cm³/mol. The fourth-order valence-electron chi connectivity index (χ4n) is 2.58. The van der Waals surface area contributed by atoms with E-state index in [2.05, 4.69) is 26.7 Å². The number of carboxylic acids is 1. The summed E-state index contributed by atoms with van der Waals surface area (Å²) in [5, 5.41) is 9.41. The van der Waals surface area contributed by atoms with Crippen molar-refractivity contribution in [2.45, 2.75) is 33.1 Å². The Kier molecular flexibility index (Phi) is 5.12. The Morgan fingerprint density at radius 1 is 1.33 bits per heavy atom. The van der Waals surface area contributed by atoms with Crippen molar-refractivity contribution < 1.29 is 9.90 Å². The van der Waals surface area contributed by atoms with Gasteiger partial charge in [-0.2, -0.15) is 0 Å². The number of hydrogen-bond donors (Lipinski definition) is 1. The first-order valence-electron chi connectivity index (χ1n) is 7.60. The second kappa shape index (κ2) is 6.85. The molecule has 2 heterocycles. The van der Waals surface area contributed by atoms with Crippen LogP contribution in [0.1, 0.15) is 49.4 Å². The van der Waals surface area contributed by atoms with Crippen molar-refractivity contribution in [2.75, 3.05) is 37.6 Å². The predicted octanol–water partition coefficient (Wildman–Crippen LogP) is 1.83. The fraction of sp³-hybridized carbons (Fsp3) is 0.667. The monoisotopic (exact) mass is 292 g/mol. The molecule has 0 aromatic carbocycles. The molecule has 1 saturated heterocycles. The molecule has 0 bridgehead atoms. The molecule has 21 heavy (non-hydrogen) atoms. The van der Waals surface area contributed by atoms with E-state index < -0.39 is 5.97 Å². The number of anilines is 1. The van der Waals surface area contributed by atoms with Crippen LogP contribution < -0.4 is 4.90 Å². The number of hydrogen-bond acceptors (Lipinski definition) is 5. The van der Waals surface area contributed by atoms with Gasteiger partial charge in [-0.15, -0.1) is 0 Å². The molecule has 0 aliphatic carbocycles. The lowest BCUT2D eigenvalue weighted by atomic mass is 10.2. The lowest BCUT2D eigenvalue weighted by Crippen LogP contribution is -2.47. The van der Waals surface area contributed by atoms with Crippen LogP contribution >= 0.6 is 0 Å². The Morgan fingerprint density at radius 3 is 2.52 bits per heavy atom. The molecule has 0 radical (unpaired) electrons. The first-order valence-corrected chi connectivity index (χ1v) is 7.60. The van der Waals surface area contributed by atoms with Crippen molar-refractivity contribution >= 4 is 11.7 Å². The standard InChI is InChI=1S/C15H24N4O2/c1-4-5-18-6-8-19(9-7-18)12-10-16-14(11(2)3)17-13(12)15(20)21/h10-11H,4-9H2,1-3H3,(H,20,21). The van der Waals surface area contributed by atoms with Crippen LogP contribution in [0.3, 0.4) is 0 Å². The molecule has 1 N–H and O–H groups in total. The number of carboxylic acid groups (broad SMARTS) is 1. The first-order chi connectivity index (χ1) is 10.0. The average Bonchev–Trinajstić information content (AvgIpc) is 2.47. The zero-order valence-corrected chi connectivity index (χ0v) is 13.0. The number of aromatic carboxylic acids is 1. The molecule has 0 spiro atoms. The van der Waals surface area contributed by atoms with E-state index in [9.17, 15) is 9.90 Å². The molecule has 6 nitrogen and oxygen atoms in total. The van der Waals surface area contributed by atoms with Crippen LogP contribution in [0.4, 0.5) is 5.69 Å². The second-order valence-corrected chi connectivity index (χ2v) is 5.75. The molecule has 0 amide bonds. The minimum absolute atomic E-state index is 0.123. The van der Waals surface area contributed by atoms with Gasteiger partial charge in [0.25, 0.3) is 0 Å². The van der Waals surface area contributed by atoms with Gasteiger partial charge in [0, 0.05) is 32.1 Å². The Bertz CT molecular complexity index is 496. The lowest BCUT2D eigenvalue weighted by molar-refractivity contribution is 0.0690. The van der Waals surface area contributed by atoms with Gasteiger partial charge in [-0.3, -0.25) is 4.90 Å². The number of carbonyl (C=O) groups is 1. The van der Waals surface area contributed by atoms with Gasteiger partial charge in [0.1, 0.15) is 5.82 Å². The maximum atomic E-state index is 11.5. The van der Waals surface area contributed by atoms with Gasteiger partial charge in [0.2, 0.25) is 0 Å². The average molecular weight is 292 g/mol. The molecule has 1 fully saturated rings. The first kappa shape index (κ1) is 15.7. The number of aromatic nitrogens is 2. The smallest absolute Gasteiger partial charge is 0.356 e. The summed E-state index contributed by atoms with van der Waals surface area (Å²) in [7, 11) is 0. The van der Waals surface area contributed by atoms with Crippen LogP contribution in [0.25, 0.3) is 0 Å². The normalized spacial score (nSPS) is 16.5. The molecular formula is C15H24N4O2. The zero-order valence-electron chi connectivity index (χ0n) is 13.0. The van der Waals surface area contributed by atoms with Crippen LogP contribution in [0.5, 0.6) is 0 Å². The third kappa shape index (κ3) is 3.69. The van der Waals surface area contributed by atoms with E-state index in [4.69, 9.17) is 0 Å². The van der Waals surface area contributed by atoms with Crippen LogP contribution in [0, 0.1) is 0 Å². The van der Waals surface area contributed by atoms with E-state index in [1.54, 1.807) is 6.20 Å². The molecule has 0 atom stereocenters. The van der Waals surface area contributed by atoms with Gasteiger partial charge in [-0.25, -0.2) is 14.8 Å². The quantitative estimate of drug-likeness (QED) is 0.893. The van der Waals surface area contributed by atoms with E-state index in [1.165, 1.54) is 0 Å². The molecule has 1 aromatic rings. The lowest BCUT2D eigenvalue weighted by Gasteiger charge is -2.36. The summed E-state index contributed by atoms with van der Waals surface area (Å²) in [5.74, 6) is -0.274. The fourth-order valence-corrected chi connectivity index (χ4v) is 2.58. The molecule has 1 aromatic heterocycles. The molecule has 0 saturated carbocycles. The Morgan fingerprint density at radius 2 is 2.00 bits per heavy atom. The minimum Gasteiger partial charge on any atom is -0.476 e. The third-order valence-corrected chi connectivity index (χ3v) is 3.76. The number of piperazine rings is 1. The van der Waals surface area contributed by atoms with Crippen LogP contribution in [-0.2, 0) is 0 Å². The molecule has 0 unspecified atom stereocenters. The van der Waals surface area contributed by atoms with Crippen LogP contribution in [0.15, 0.2) is 6.20 Å². The van der Waals surface area contributed by atoms with E-state index in [-0.39, 0.29) is 11.6 Å². The summed E-state index contributed by atoms with van der Waals surface area (Å²) in [6, 6.07) is 0. The van der Waals surface area contributed by atoms with Crippen molar-refractivity contribution in [3.8, 4) is 0 Å². The van der Waals surface area contributed by atoms with Crippen molar-refractivity contribution in [1.82, 2.24) is 14.9 Å². The van der Waals surface area contributed by atoms with Gasteiger partial charge in [-0.05, 0) is 13.0 Å². The van der Waals surface area contributed by atoms with E-state index in [0.717, 1.165) is 39.1 Å². The van der Waals surface area contributed by atoms with Gasteiger partial charge in [0.15, 0.2) is 5.69 Å². The van der Waals surface area contributed by atoms with Gasteiger partial charge in [0.05, 0.1) is 11.9 Å². The summed E-state index contributed by atoms with van der Waals surface area (Å²) in [4.78, 5) is 24.5. The Labute approximate surface area is 125 Å². The molecule has 1 aliphatic heterocycles. The van der Waals surface area contributed by atoms with Crippen LogP contribution in [-0.4, -0.2) is 58.7 Å².